The lowest BCUT2D eigenvalue weighted by molar-refractivity contribution is -0.140. The first-order valence-electron chi connectivity index (χ1n) is 7.13. The Labute approximate surface area is 122 Å². The summed E-state index contributed by atoms with van der Waals surface area (Å²) in [7, 11) is 1.84. The summed E-state index contributed by atoms with van der Waals surface area (Å²) in [6.45, 7) is 4.29. The number of carboxylic acid groups (broad SMARTS) is 1. The SMILES string of the molecule is CC(CN(C)c1ccc2nnc(C3CC3C)n2n1)C(=O)O. The molecule has 3 rings (SSSR count). The summed E-state index contributed by atoms with van der Waals surface area (Å²) in [6.07, 6.45) is 1.12. The van der Waals surface area contributed by atoms with Gasteiger partial charge in [-0.2, -0.15) is 4.52 Å². The van der Waals surface area contributed by atoms with E-state index in [9.17, 15) is 4.79 Å². The summed E-state index contributed by atoms with van der Waals surface area (Å²) < 4.78 is 1.78. The smallest absolute Gasteiger partial charge is 0.308 e. The van der Waals surface area contributed by atoms with Gasteiger partial charge >= 0.3 is 5.97 Å². The third-order valence-corrected chi connectivity index (χ3v) is 4.07. The molecule has 7 nitrogen and oxygen atoms in total. The Kier molecular flexibility index (Phi) is 3.27. The number of aliphatic carboxylic acids is 1. The largest absolute Gasteiger partial charge is 0.481 e. The van der Waals surface area contributed by atoms with Crippen molar-refractivity contribution in [3.8, 4) is 0 Å². The van der Waals surface area contributed by atoms with E-state index in [1.807, 2.05) is 24.1 Å². The fraction of sp³-hybridized carbons (Fsp3) is 0.571. The maximum absolute atomic E-state index is 11.0. The molecule has 0 spiro atoms. The molecule has 1 fully saturated rings. The lowest BCUT2D eigenvalue weighted by Crippen LogP contribution is -2.29. The van der Waals surface area contributed by atoms with Crippen LogP contribution in [0.25, 0.3) is 5.65 Å². The lowest BCUT2D eigenvalue weighted by atomic mass is 10.2. The van der Waals surface area contributed by atoms with Crippen LogP contribution < -0.4 is 4.90 Å². The monoisotopic (exact) mass is 289 g/mol. The van der Waals surface area contributed by atoms with Gasteiger partial charge in [0.2, 0.25) is 0 Å². The molecule has 0 saturated heterocycles. The Balaban J connectivity index is 1.87. The molecule has 0 aliphatic heterocycles. The molecule has 0 radical (unpaired) electrons. The van der Waals surface area contributed by atoms with Crippen LogP contribution in [0.5, 0.6) is 0 Å². The molecular weight excluding hydrogens is 270 g/mol. The lowest BCUT2D eigenvalue weighted by Gasteiger charge is -2.20. The number of hydrogen-bond acceptors (Lipinski definition) is 5. The Morgan fingerprint density at radius 3 is 2.86 bits per heavy atom. The molecule has 0 aromatic carbocycles. The van der Waals surface area contributed by atoms with Crippen LogP contribution in [0.4, 0.5) is 5.82 Å². The highest BCUT2D eigenvalue weighted by atomic mass is 16.4. The zero-order valence-electron chi connectivity index (χ0n) is 12.4. The molecule has 112 valence electrons. The van der Waals surface area contributed by atoms with Crippen molar-refractivity contribution in [2.75, 3.05) is 18.5 Å². The van der Waals surface area contributed by atoms with Crippen molar-refractivity contribution in [1.29, 1.82) is 0 Å². The number of fused-ring (bicyclic) bond motifs is 1. The number of hydrogen-bond donors (Lipinski definition) is 1. The van der Waals surface area contributed by atoms with E-state index in [4.69, 9.17) is 5.11 Å². The molecular formula is C14H19N5O2. The maximum atomic E-state index is 11.0. The number of aromatic nitrogens is 4. The van der Waals surface area contributed by atoms with Gasteiger partial charge in [0, 0.05) is 19.5 Å². The van der Waals surface area contributed by atoms with Crippen molar-refractivity contribution >= 4 is 17.4 Å². The van der Waals surface area contributed by atoms with Crippen LogP contribution in [-0.4, -0.2) is 44.5 Å². The molecule has 21 heavy (non-hydrogen) atoms. The minimum atomic E-state index is -0.806. The number of rotatable bonds is 5. The minimum Gasteiger partial charge on any atom is -0.481 e. The first-order valence-corrected chi connectivity index (χ1v) is 7.13. The van der Waals surface area contributed by atoms with E-state index < -0.39 is 11.9 Å². The van der Waals surface area contributed by atoms with Gasteiger partial charge in [0.15, 0.2) is 11.5 Å². The van der Waals surface area contributed by atoms with Gasteiger partial charge < -0.3 is 10.0 Å². The van der Waals surface area contributed by atoms with E-state index >= 15 is 0 Å². The average molecular weight is 289 g/mol. The number of nitrogens with zero attached hydrogens (tertiary/aromatic N) is 5. The van der Waals surface area contributed by atoms with Crippen LogP contribution in [-0.2, 0) is 4.79 Å². The average Bonchev–Trinajstić information content (AvgIpc) is 3.01. The molecule has 1 saturated carbocycles. The predicted molar refractivity (Wildman–Crippen MR) is 77.4 cm³/mol. The molecule has 3 atom stereocenters. The molecule has 3 unspecified atom stereocenters. The highest BCUT2D eigenvalue weighted by Crippen LogP contribution is 2.45. The normalized spacial score (nSPS) is 22.2. The van der Waals surface area contributed by atoms with Crippen LogP contribution >= 0.6 is 0 Å². The van der Waals surface area contributed by atoms with Crippen molar-refractivity contribution in [1.82, 2.24) is 19.8 Å². The molecule has 1 aliphatic carbocycles. The van der Waals surface area contributed by atoms with Crippen molar-refractivity contribution in [2.45, 2.75) is 26.2 Å². The van der Waals surface area contributed by atoms with Crippen LogP contribution in [0.3, 0.4) is 0 Å². The van der Waals surface area contributed by atoms with Gasteiger partial charge in [0.25, 0.3) is 0 Å². The zero-order valence-corrected chi connectivity index (χ0v) is 12.4. The molecule has 1 N–H and O–H groups in total. The quantitative estimate of drug-likeness (QED) is 0.896. The number of carboxylic acids is 1. The molecule has 1 aliphatic rings. The van der Waals surface area contributed by atoms with Crippen molar-refractivity contribution in [2.24, 2.45) is 11.8 Å². The molecule has 7 heteroatoms. The van der Waals surface area contributed by atoms with Gasteiger partial charge in [-0.3, -0.25) is 4.79 Å². The second-order valence-corrected chi connectivity index (χ2v) is 5.96. The van der Waals surface area contributed by atoms with E-state index in [0.717, 1.165) is 23.7 Å². The number of anilines is 1. The van der Waals surface area contributed by atoms with Gasteiger partial charge in [-0.25, -0.2) is 0 Å². The summed E-state index contributed by atoms with van der Waals surface area (Å²) >= 11 is 0. The maximum Gasteiger partial charge on any atom is 0.308 e. The molecule has 2 heterocycles. The third kappa shape index (κ3) is 2.55. The highest BCUT2D eigenvalue weighted by Gasteiger charge is 2.38. The Morgan fingerprint density at radius 1 is 1.52 bits per heavy atom. The van der Waals surface area contributed by atoms with E-state index in [0.29, 0.717) is 18.4 Å². The van der Waals surface area contributed by atoms with E-state index in [-0.39, 0.29) is 0 Å². The molecule has 2 aromatic heterocycles. The topological polar surface area (TPSA) is 83.6 Å². The Bertz CT molecular complexity index is 683. The van der Waals surface area contributed by atoms with Crippen LogP contribution in [0.2, 0.25) is 0 Å². The first kappa shape index (κ1) is 13.8. The van der Waals surface area contributed by atoms with Gasteiger partial charge in [0.05, 0.1) is 5.92 Å². The van der Waals surface area contributed by atoms with Crippen LogP contribution in [0, 0.1) is 11.8 Å². The van der Waals surface area contributed by atoms with E-state index in [2.05, 4.69) is 22.2 Å². The Morgan fingerprint density at radius 2 is 2.24 bits per heavy atom. The molecule has 0 bridgehead atoms. The van der Waals surface area contributed by atoms with Gasteiger partial charge in [-0.1, -0.05) is 13.8 Å². The van der Waals surface area contributed by atoms with Crippen LogP contribution in [0.15, 0.2) is 12.1 Å². The summed E-state index contributed by atoms with van der Waals surface area (Å²) in [6, 6.07) is 3.71. The standard InChI is InChI=1S/C14H19N5O2/c1-8-6-10(8)13-16-15-11-4-5-12(17-19(11)13)18(3)7-9(2)14(20)21/h4-5,8-10H,6-7H2,1-3H3,(H,20,21). The zero-order chi connectivity index (χ0) is 15.1. The predicted octanol–water partition coefficient (Wildman–Crippen LogP) is 1.40. The minimum absolute atomic E-state index is 0.408. The molecule has 2 aromatic rings. The van der Waals surface area contributed by atoms with Crippen molar-refractivity contribution < 1.29 is 9.90 Å². The third-order valence-electron chi connectivity index (χ3n) is 4.07. The fourth-order valence-electron chi connectivity index (χ4n) is 2.49. The fourth-order valence-corrected chi connectivity index (χ4v) is 2.49. The second kappa shape index (κ2) is 4.98. The van der Waals surface area contributed by atoms with Gasteiger partial charge in [-0.05, 0) is 24.5 Å². The van der Waals surface area contributed by atoms with Gasteiger partial charge in [0.1, 0.15) is 5.82 Å². The summed E-state index contributed by atoms with van der Waals surface area (Å²) in [5.74, 6) is 1.44. The summed E-state index contributed by atoms with van der Waals surface area (Å²) in [5.41, 5.74) is 0.729. The van der Waals surface area contributed by atoms with Crippen molar-refractivity contribution in [3.05, 3.63) is 18.0 Å². The Hall–Kier alpha value is -2.18. The summed E-state index contributed by atoms with van der Waals surface area (Å²) in [5, 5.41) is 21.9. The highest BCUT2D eigenvalue weighted by molar-refractivity contribution is 5.70. The van der Waals surface area contributed by atoms with Gasteiger partial charge in [-0.15, -0.1) is 15.3 Å². The van der Waals surface area contributed by atoms with Crippen LogP contribution in [0.1, 0.15) is 32.0 Å². The first-order chi connectivity index (χ1) is 9.97. The van der Waals surface area contributed by atoms with Crippen molar-refractivity contribution in [3.63, 3.8) is 0 Å². The van der Waals surface area contributed by atoms with E-state index in [1.54, 1.807) is 11.4 Å². The number of carbonyl (C=O) groups is 1. The molecule has 0 amide bonds. The second-order valence-electron chi connectivity index (χ2n) is 5.96. The van der Waals surface area contributed by atoms with E-state index in [1.165, 1.54) is 0 Å². The summed E-state index contributed by atoms with van der Waals surface area (Å²) in [4.78, 5) is 12.8.